The Morgan fingerprint density at radius 1 is 0.643 bits per heavy atom. The molecule has 0 aliphatic rings. The van der Waals surface area contributed by atoms with Gasteiger partial charge in [0.25, 0.3) is 20.2 Å². The highest BCUT2D eigenvalue weighted by Crippen LogP contribution is 2.16. The molecule has 0 heterocycles. The maximum atomic E-state index is 12.2. The van der Waals surface area contributed by atoms with E-state index >= 15 is 0 Å². The molecule has 0 radical (unpaired) electrons. The minimum absolute atomic E-state index is 0.0259. The third kappa shape index (κ3) is 6.17. The molecule has 2 unspecified atom stereocenters. The van der Waals surface area contributed by atoms with Crippen LogP contribution in [0.3, 0.4) is 0 Å². The van der Waals surface area contributed by atoms with E-state index in [9.17, 15) is 16.8 Å². The standard InChI is InChI=1S/C20H22O6S2/c1-15-5-11-19(12-6-15)27(21,22)25-17(3)9-10-18(4)26-28(23,24)20-13-7-16(2)8-14-20/h5-8,11-14,17-18H,1-4H3. The molecule has 8 heteroatoms. The first-order chi connectivity index (χ1) is 13.0. The average Bonchev–Trinajstić information content (AvgIpc) is 2.60. The maximum absolute atomic E-state index is 12.2. The molecular formula is C20H22O6S2. The van der Waals surface area contributed by atoms with E-state index in [1.165, 1.54) is 38.1 Å². The highest BCUT2D eigenvalue weighted by molar-refractivity contribution is 7.87. The van der Waals surface area contributed by atoms with Crippen LogP contribution in [0.2, 0.25) is 0 Å². The van der Waals surface area contributed by atoms with Crippen LogP contribution in [0.5, 0.6) is 0 Å². The van der Waals surface area contributed by atoms with Gasteiger partial charge in [-0.1, -0.05) is 47.2 Å². The Morgan fingerprint density at radius 3 is 1.21 bits per heavy atom. The highest BCUT2D eigenvalue weighted by Gasteiger charge is 2.19. The molecular weight excluding hydrogens is 400 g/mol. The summed E-state index contributed by atoms with van der Waals surface area (Å²) in [5.41, 5.74) is 1.85. The van der Waals surface area contributed by atoms with Gasteiger partial charge in [-0.3, -0.25) is 8.37 Å². The smallest absolute Gasteiger partial charge is 0.250 e. The summed E-state index contributed by atoms with van der Waals surface area (Å²) in [6, 6.07) is 12.5. The lowest BCUT2D eigenvalue weighted by atomic mass is 10.2. The SMILES string of the molecule is Cc1ccc(S(=O)(=O)OC(C)C#CC(C)OS(=O)(=O)c2ccc(C)cc2)cc1. The van der Waals surface area contributed by atoms with Crippen molar-refractivity contribution in [3.63, 3.8) is 0 Å². The van der Waals surface area contributed by atoms with Crippen molar-refractivity contribution >= 4 is 20.2 Å². The average molecular weight is 423 g/mol. The summed E-state index contributed by atoms with van der Waals surface area (Å²) in [4.78, 5) is 0.0518. The van der Waals surface area contributed by atoms with E-state index in [2.05, 4.69) is 11.8 Å². The molecule has 0 spiro atoms. The number of benzene rings is 2. The van der Waals surface area contributed by atoms with Crippen LogP contribution in [0.1, 0.15) is 25.0 Å². The zero-order valence-corrected chi connectivity index (χ0v) is 17.7. The third-order valence-electron chi connectivity index (χ3n) is 3.65. The highest BCUT2D eigenvalue weighted by atomic mass is 32.2. The summed E-state index contributed by atoms with van der Waals surface area (Å²) >= 11 is 0. The van der Waals surface area contributed by atoms with Gasteiger partial charge in [0, 0.05) is 0 Å². The number of hydrogen-bond acceptors (Lipinski definition) is 6. The van der Waals surface area contributed by atoms with Crippen LogP contribution in [0.25, 0.3) is 0 Å². The Balaban J connectivity index is 2.03. The van der Waals surface area contributed by atoms with Crippen LogP contribution in [0, 0.1) is 25.7 Å². The molecule has 2 aromatic carbocycles. The van der Waals surface area contributed by atoms with Gasteiger partial charge in [0.2, 0.25) is 0 Å². The van der Waals surface area contributed by atoms with Gasteiger partial charge in [-0.2, -0.15) is 16.8 Å². The van der Waals surface area contributed by atoms with Gasteiger partial charge in [-0.15, -0.1) is 0 Å². The predicted octanol–water partition coefficient (Wildman–Crippen LogP) is 3.19. The summed E-state index contributed by atoms with van der Waals surface area (Å²) in [5, 5.41) is 0. The van der Waals surface area contributed by atoms with Gasteiger partial charge in [0.05, 0.1) is 9.79 Å². The van der Waals surface area contributed by atoms with Crippen molar-refractivity contribution in [2.45, 2.75) is 49.7 Å². The molecule has 0 amide bonds. The van der Waals surface area contributed by atoms with Crippen LogP contribution in [0.4, 0.5) is 0 Å². The fourth-order valence-corrected chi connectivity index (χ4v) is 4.20. The van der Waals surface area contributed by atoms with Crippen LogP contribution in [-0.4, -0.2) is 29.0 Å². The van der Waals surface area contributed by atoms with Crippen molar-refractivity contribution in [3.8, 4) is 11.8 Å². The monoisotopic (exact) mass is 422 g/mol. The van der Waals surface area contributed by atoms with Gasteiger partial charge < -0.3 is 0 Å². The van der Waals surface area contributed by atoms with Crippen LogP contribution in [-0.2, 0) is 28.6 Å². The van der Waals surface area contributed by atoms with Gasteiger partial charge in [0.15, 0.2) is 0 Å². The Bertz CT molecular complexity index is 987. The Morgan fingerprint density at radius 2 is 0.929 bits per heavy atom. The van der Waals surface area contributed by atoms with E-state index in [1.54, 1.807) is 24.3 Å². The lowest BCUT2D eigenvalue weighted by Gasteiger charge is -2.10. The zero-order chi connectivity index (χ0) is 20.9. The first-order valence-electron chi connectivity index (χ1n) is 8.50. The fraction of sp³-hybridized carbons (Fsp3) is 0.300. The Kier molecular flexibility index (Phi) is 7.01. The van der Waals surface area contributed by atoms with E-state index in [-0.39, 0.29) is 9.79 Å². The Labute approximate surface area is 166 Å². The normalized spacial score (nSPS) is 14.0. The first kappa shape index (κ1) is 22.1. The van der Waals surface area contributed by atoms with Gasteiger partial charge >= 0.3 is 0 Å². The lowest BCUT2D eigenvalue weighted by Crippen LogP contribution is -2.16. The molecule has 0 aliphatic carbocycles. The molecule has 0 saturated carbocycles. The second-order valence-corrected chi connectivity index (χ2v) is 9.44. The van der Waals surface area contributed by atoms with Crippen LogP contribution < -0.4 is 0 Å². The maximum Gasteiger partial charge on any atom is 0.298 e. The van der Waals surface area contributed by atoms with E-state index < -0.39 is 32.4 Å². The minimum Gasteiger partial charge on any atom is -0.250 e. The van der Waals surface area contributed by atoms with Gasteiger partial charge in [-0.25, -0.2) is 0 Å². The summed E-state index contributed by atoms with van der Waals surface area (Å²) in [5.74, 6) is 5.12. The van der Waals surface area contributed by atoms with Crippen molar-refractivity contribution in [1.82, 2.24) is 0 Å². The van der Waals surface area contributed by atoms with Crippen LogP contribution >= 0.6 is 0 Å². The molecule has 0 saturated heterocycles. The molecule has 28 heavy (non-hydrogen) atoms. The number of aryl methyl sites for hydroxylation is 2. The van der Waals surface area contributed by atoms with Gasteiger partial charge in [0.1, 0.15) is 12.2 Å². The molecule has 0 fully saturated rings. The second kappa shape index (κ2) is 8.88. The first-order valence-corrected chi connectivity index (χ1v) is 11.3. The van der Waals surface area contributed by atoms with E-state index in [0.717, 1.165) is 11.1 Å². The van der Waals surface area contributed by atoms with Gasteiger partial charge in [-0.05, 0) is 52.0 Å². The van der Waals surface area contributed by atoms with Crippen molar-refractivity contribution in [1.29, 1.82) is 0 Å². The predicted molar refractivity (Wildman–Crippen MR) is 106 cm³/mol. The number of hydrogen-bond donors (Lipinski definition) is 0. The third-order valence-corrected chi connectivity index (χ3v) is 6.43. The largest absolute Gasteiger partial charge is 0.298 e. The summed E-state index contributed by atoms with van der Waals surface area (Å²) < 4.78 is 59.0. The minimum atomic E-state index is -3.97. The second-order valence-electron chi connectivity index (χ2n) is 6.30. The molecule has 150 valence electrons. The van der Waals surface area contributed by atoms with Crippen molar-refractivity contribution < 1.29 is 25.2 Å². The molecule has 2 rings (SSSR count). The van der Waals surface area contributed by atoms with E-state index in [1.807, 2.05) is 13.8 Å². The molecule has 0 aliphatic heterocycles. The molecule has 0 aromatic heterocycles. The molecule has 2 atom stereocenters. The summed E-state index contributed by atoms with van der Waals surface area (Å²) in [6.07, 6.45) is -1.95. The number of rotatable bonds is 6. The molecule has 2 aromatic rings. The quantitative estimate of drug-likeness (QED) is 0.525. The Hall–Kier alpha value is -2.18. The summed E-state index contributed by atoms with van der Waals surface area (Å²) in [7, 11) is -7.94. The molecule has 6 nitrogen and oxygen atoms in total. The van der Waals surface area contributed by atoms with Crippen molar-refractivity contribution in [2.75, 3.05) is 0 Å². The fourth-order valence-electron chi connectivity index (χ4n) is 2.18. The van der Waals surface area contributed by atoms with E-state index in [4.69, 9.17) is 8.37 Å². The zero-order valence-electron chi connectivity index (χ0n) is 16.0. The summed E-state index contributed by atoms with van der Waals surface area (Å²) in [6.45, 7) is 6.61. The molecule has 0 bridgehead atoms. The van der Waals surface area contributed by atoms with Crippen LogP contribution in [0.15, 0.2) is 58.3 Å². The lowest BCUT2D eigenvalue weighted by molar-refractivity contribution is 0.273. The van der Waals surface area contributed by atoms with E-state index in [0.29, 0.717) is 0 Å². The topological polar surface area (TPSA) is 86.7 Å². The molecule has 0 N–H and O–H groups in total. The van der Waals surface area contributed by atoms with Crippen molar-refractivity contribution in [2.24, 2.45) is 0 Å². The van der Waals surface area contributed by atoms with Crippen molar-refractivity contribution in [3.05, 3.63) is 59.7 Å².